The fourth-order valence-electron chi connectivity index (χ4n) is 1.67. The molecular formula is C15H16N2O2. The molecule has 0 saturated heterocycles. The highest BCUT2D eigenvalue weighted by molar-refractivity contribution is 5.92. The first-order chi connectivity index (χ1) is 9.15. The number of rotatable bonds is 5. The van der Waals surface area contributed by atoms with Crippen molar-refractivity contribution in [1.29, 1.82) is 0 Å². The van der Waals surface area contributed by atoms with Gasteiger partial charge < -0.3 is 16.2 Å². The van der Waals surface area contributed by atoms with E-state index >= 15 is 0 Å². The van der Waals surface area contributed by atoms with Crippen LogP contribution in [0.5, 0.6) is 0 Å². The van der Waals surface area contributed by atoms with Gasteiger partial charge in [-0.25, -0.2) is 0 Å². The van der Waals surface area contributed by atoms with E-state index in [0.29, 0.717) is 18.8 Å². The molecule has 0 aliphatic rings. The number of ether oxygens (including phenoxy) is 1. The number of hydrogen-bond acceptors (Lipinski definition) is 3. The van der Waals surface area contributed by atoms with Crippen LogP contribution in [0.4, 0.5) is 5.69 Å². The highest BCUT2D eigenvalue weighted by Crippen LogP contribution is 2.09. The van der Waals surface area contributed by atoms with Gasteiger partial charge in [0.1, 0.15) is 0 Å². The van der Waals surface area contributed by atoms with E-state index in [4.69, 9.17) is 16.2 Å². The summed E-state index contributed by atoms with van der Waals surface area (Å²) < 4.78 is 5.59. The molecule has 19 heavy (non-hydrogen) atoms. The van der Waals surface area contributed by atoms with Crippen LogP contribution >= 0.6 is 0 Å². The standard InChI is InChI=1S/C15H16N2O2/c16-14-7-3-12(4-8-14)10-19-9-11-1-5-13(6-2-11)15(17)18/h1-8H,9-10,16H2,(H2,17,18). The molecule has 0 radical (unpaired) electrons. The number of carbonyl (C=O) groups excluding carboxylic acids is 1. The van der Waals surface area contributed by atoms with Crippen LogP contribution in [0, 0.1) is 0 Å². The molecule has 0 heterocycles. The average Bonchev–Trinajstić information content (AvgIpc) is 2.41. The number of benzene rings is 2. The Morgan fingerprint density at radius 3 is 1.84 bits per heavy atom. The molecule has 1 amide bonds. The zero-order chi connectivity index (χ0) is 13.7. The summed E-state index contributed by atoms with van der Waals surface area (Å²) in [5.74, 6) is -0.422. The molecule has 0 atom stereocenters. The highest BCUT2D eigenvalue weighted by atomic mass is 16.5. The van der Waals surface area contributed by atoms with E-state index in [1.165, 1.54) is 0 Å². The Morgan fingerprint density at radius 1 is 0.895 bits per heavy atom. The smallest absolute Gasteiger partial charge is 0.248 e. The van der Waals surface area contributed by atoms with Gasteiger partial charge in [0.2, 0.25) is 5.91 Å². The maximum absolute atomic E-state index is 10.9. The predicted molar refractivity (Wildman–Crippen MR) is 74.3 cm³/mol. The first-order valence-corrected chi connectivity index (χ1v) is 5.96. The van der Waals surface area contributed by atoms with Crippen LogP contribution in [0.25, 0.3) is 0 Å². The van der Waals surface area contributed by atoms with Gasteiger partial charge in [0.05, 0.1) is 13.2 Å². The summed E-state index contributed by atoms with van der Waals surface area (Å²) in [4.78, 5) is 10.9. The van der Waals surface area contributed by atoms with Crippen LogP contribution in [0.3, 0.4) is 0 Å². The fraction of sp³-hybridized carbons (Fsp3) is 0.133. The Labute approximate surface area is 112 Å². The van der Waals surface area contributed by atoms with E-state index in [9.17, 15) is 4.79 Å². The minimum Gasteiger partial charge on any atom is -0.399 e. The van der Waals surface area contributed by atoms with E-state index < -0.39 is 5.91 Å². The topological polar surface area (TPSA) is 78.3 Å². The predicted octanol–water partition coefficient (Wildman–Crippen LogP) is 2.08. The number of nitrogen functional groups attached to an aromatic ring is 1. The monoisotopic (exact) mass is 256 g/mol. The fourth-order valence-corrected chi connectivity index (χ4v) is 1.67. The van der Waals surface area contributed by atoms with E-state index in [1.807, 2.05) is 36.4 Å². The van der Waals surface area contributed by atoms with Gasteiger partial charge in [0.15, 0.2) is 0 Å². The van der Waals surface area contributed by atoms with Crippen LogP contribution in [0.1, 0.15) is 21.5 Å². The molecule has 4 N–H and O–H groups in total. The van der Waals surface area contributed by atoms with Gasteiger partial charge >= 0.3 is 0 Å². The van der Waals surface area contributed by atoms with E-state index in [2.05, 4.69) is 0 Å². The molecule has 4 nitrogen and oxygen atoms in total. The maximum Gasteiger partial charge on any atom is 0.248 e. The molecule has 4 heteroatoms. The third-order valence-electron chi connectivity index (χ3n) is 2.76. The van der Waals surface area contributed by atoms with Gasteiger partial charge in [-0.2, -0.15) is 0 Å². The molecule has 2 aromatic carbocycles. The molecule has 0 aliphatic carbocycles. The van der Waals surface area contributed by atoms with Crippen molar-refractivity contribution < 1.29 is 9.53 Å². The summed E-state index contributed by atoms with van der Waals surface area (Å²) in [6.45, 7) is 1.02. The molecule has 2 aromatic rings. The quantitative estimate of drug-likeness (QED) is 0.804. The van der Waals surface area contributed by atoms with Gasteiger partial charge in [-0.3, -0.25) is 4.79 Å². The third kappa shape index (κ3) is 3.82. The Balaban J connectivity index is 1.85. The molecule has 0 aliphatic heterocycles. The van der Waals surface area contributed by atoms with E-state index in [0.717, 1.165) is 16.8 Å². The van der Waals surface area contributed by atoms with Crippen LogP contribution in [-0.2, 0) is 18.0 Å². The van der Waals surface area contributed by atoms with Crippen molar-refractivity contribution in [2.45, 2.75) is 13.2 Å². The molecule has 0 bridgehead atoms. The van der Waals surface area contributed by atoms with Gasteiger partial charge in [0.25, 0.3) is 0 Å². The van der Waals surface area contributed by atoms with Crippen molar-refractivity contribution in [2.75, 3.05) is 5.73 Å². The Hall–Kier alpha value is -2.33. The van der Waals surface area contributed by atoms with Crippen molar-refractivity contribution in [3.05, 3.63) is 65.2 Å². The highest BCUT2D eigenvalue weighted by Gasteiger charge is 2.00. The van der Waals surface area contributed by atoms with Crippen molar-refractivity contribution in [2.24, 2.45) is 5.73 Å². The number of amides is 1. The number of hydrogen-bond donors (Lipinski definition) is 2. The molecular weight excluding hydrogens is 240 g/mol. The zero-order valence-electron chi connectivity index (χ0n) is 10.5. The van der Waals surface area contributed by atoms with Crippen LogP contribution < -0.4 is 11.5 Å². The Kier molecular flexibility index (Phi) is 4.15. The lowest BCUT2D eigenvalue weighted by molar-refractivity contribution is 0.0999. The molecule has 0 spiro atoms. The molecule has 0 unspecified atom stereocenters. The first kappa shape index (κ1) is 13.1. The lowest BCUT2D eigenvalue weighted by atomic mass is 10.1. The Morgan fingerprint density at radius 2 is 1.37 bits per heavy atom. The Bertz CT molecular complexity index is 547. The van der Waals surface area contributed by atoms with Crippen LogP contribution in [-0.4, -0.2) is 5.91 Å². The molecule has 98 valence electrons. The van der Waals surface area contributed by atoms with E-state index in [-0.39, 0.29) is 0 Å². The van der Waals surface area contributed by atoms with Crippen molar-refractivity contribution in [1.82, 2.24) is 0 Å². The average molecular weight is 256 g/mol. The lowest BCUT2D eigenvalue weighted by Crippen LogP contribution is -2.10. The largest absolute Gasteiger partial charge is 0.399 e. The SMILES string of the molecule is NC(=O)c1ccc(COCc2ccc(N)cc2)cc1. The van der Waals surface area contributed by atoms with Gasteiger partial charge in [-0.15, -0.1) is 0 Å². The second-order valence-electron chi connectivity index (χ2n) is 4.30. The van der Waals surface area contributed by atoms with Crippen molar-refractivity contribution in [3.63, 3.8) is 0 Å². The number of primary amides is 1. The minimum absolute atomic E-state index is 0.422. The lowest BCUT2D eigenvalue weighted by Gasteiger charge is -2.05. The molecule has 0 aromatic heterocycles. The molecule has 2 rings (SSSR count). The minimum atomic E-state index is -0.422. The number of anilines is 1. The number of nitrogens with two attached hydrogens (primary N) is 2. The van der Waals surface area contributed by atoms with Gasteiger partial charge in [0, 0.05) is 11.3 Å². The van der Waals surface area contributed by atoms with Gasteiger partial charge in [-0.05, 0) is 35.4 Å². The van der Waals surface area contributed by atoms with Crippen molar-refractivity contribution >= 4 is 11.6 Å². The molecule has 0 saturated carbocycles. The summed E-state index contributed by atoms with van der Waals surface area (Å²) >= 11 is 0. The summed E-state index contributed by atoms with van der Waals surface area (Å²) in [6.07, 6.45) is 0. The second-order valence-corrected chi connectivity index (χ2v) is 4.30. The van der Waals surface area contributed by atoms with Crippen molar-refractivity contribution in [3.8, 4) is 0 Å². The summed E-state index contributed by atoms with van der Waals surface area (Å²) in [5.41, 5.74) is 14.1. The summed E-state index contributed by atoms with van der Waals surface area (Å²) in [7, 11) is 0. The van der Waals surface area contributed by atoms with Crippen LogP contribution in [0.15, 0.2) is 48.5 Å². The maximum atomic E-state index is 10.9. The molecule has 0 fully saturated rings. The van der Waals surface area contributed by atoms with Gasteiger partial charge in [-0.1, -0.05) is 24.3 Å². The second kappa shape index (κ2) is 6.02. The summed E-state index contributed by atoms with van der Waals surface area (Å²) in [6, 6.07) is 14.6. The summed E-state index contributed by atoms with van der Waals surface area (Å²) in [5, 5.41) is 0. The normalized spacial score (nSPS) is 10.3. The number of carbonyl (C=O) groups is 1. The zero-order valence-corrected chi connectivity index (χ0v) is 10.5. The third-order valence-corrected chi connectivity index (χ3v) is 2.76. The van der Waals surface area contributed by atoms with Crippen LogP contribution in [0.2, 0.25) is 0 Å². The van der Waals surface area contributed by atoms with E-state index in [1.54, 1.807) is 12.1 Å². The first-order valence-electron chi connectivity index (χ1n) is 5.96.